The highest BCUT2D eigenvalue weighted by molar-refractivity contribution is 7.92. The number of carbonyl (C=O) groups is 1. The summed E-state index contributed by atoms with van der Waals surface area (Å²) < 4.78 is 21.9. The Kier molecular flexibility index (Phi) is 4.56. The molecular weight excluding hydrogens is 276 g/mol. The molecule has 0 heterocycles. The van der Waals surface area contributed by atoms with Gasteiger partial charge in [0, 0.05) is 19.8 Å². The minimum Gasteiger partial charge on any atom is -0.340 e. The predicted octanol–water partition coefficient (Wildman–Crippen LogP) is 1.34. The molecule has 0 unspecified atom stereocenters. The molecule has 0 N–H and O–H groups in total. The maximum Gasteiger partial charge on any atom is 0.243 e. The van der Waals surface area contributed by atoms with Gasteiger partial charge in [0.25, 0.3) is 0 Å². The summed E-state index contributed by atoms with van der Waals surface area (Å²) in [5.41, 5.74) is 1.29. The maximum atomic E-state index is 12.3. The zero-order valence-corrected chi connectivity index (χ0v) is 12.9. The van der Waals surface area contributed by atoms with E-state index in [1.54, 1.807) is 31.3 Å². The highest BCUT2D eigenvalue weighted by atomic mass is 32.2. The van der Waals surface area contributed by atoms with E-state index in [2.05, 4.69) is 0 Å². The van der Waals surface area contributed by atoms with E-state index in [0.29, 0.717) is 5.56 Å². The Morgan fingerprint density at radius 3 is 2.50 bits per heavy atom. The van der Waals surface area contributed by atoms with Crippen LogP contribution < -0.4 is 0 Å². The quantitative estimate of drug-likeness (QED) is 0.839. The Morgan fingerprint density at radius 2 is 2.00 bits per heavy atom. The molecule has 108 valence electrons. The Labute approximate surface area is 119 Å². The first-order valence-corrected chi connectivity index (χ1v) is 7.93. The number of hydrogen-bond donors (Lipinski definition) is 0. The van der Waals surface area contributed by atoms with Gasteiger partial charge in [-0.15, -0.1) is 0 Å². The fraction of sp³-hybridized carbons (Fsp3) is 0.429. The number of carbonyl (C=O) groups excluding carboxylic acids is 1. The summed E-state index contributed by atoms with van der Waals surface area (Å²) in [6.45, 7) is 3.05. The summed E-state index contributed by atoms with van der Waals surface area (Å²) >= 11 is 0. The lowest BCUT2D eigenvalue weighted by Gasteiger charge is -2.27. The van der Waals surface area contributed by atoms with Crippen LogP contribution in [0.25, 0.3) is 0 Å². The van der Waals surface area contributed by atoms with Gasteiger partial charge in [-0.25, -0.2) is 8.42 Å². The first-order chi connectivity index (χ1) is 9.09. The number of hydrogen-bond acceptors (Lipinski definition) is 4. The first-order valence-electron chi connectivity index (χ1n) is 6.04. The van der Waals surface area contributed by atoms with E-state index in [4.69, 9.17) is 5.26 Å². The van der Waals surface area contributed by atoms with Crippen molar-refractivity contribution >= 4 is 15.7 Å². The average molecular weight is 294 g/mol. The summed E-state index contributed by atoms with van der Waals surface area (Å²) in [5.74, 6) is -0.470. The lowest BCUT2D eigenvalue weighted by atomic mass is 10.1. The van der Waals surface area contributed by atoms with Crippen LogP contribution in [0.4, 0.5) is 0 Å². The molecule has 0 aliphatic rings. The van der Waals surface area contributed by atoms with Crippen LogP contribution in [0, 0.1) is 11.3 Å². The molecule has 0 spiro atoms. The smallest absolute Gasteiger partial charge is 0.243 e. The molecule has 1 aromatic carbocycles. The molecule has 0 radical (unpaired) electrons. The van der Waals surface area contributed by atoms with E-state index >= 15 is 0 Å². The molecule has 0 atom stereocenters. The molecule has 20 heavy (non-hydrogen) atoms. The molecule has 5 nitrogen and oxygen atoms in total. The average Bonchev–Trinajstić information content (AvgIpc) is 2.36. The Hall–Kier alpha value is -1.87. The molecule has 6 heteroatoms. The monoisotopic (exact) mass is 294 g/mol. The molecule has 1 amide bonds. The molecular formula is C14H18N2O3S. The van der Waals surface area contributed by atoms with Gasteiger partial charge in [-0.2, -0.15) is 5.26 Å². The standard InChI is InChI=1S/C14H18N2O3S/c1-14(2,20(4,18)19)13(17)16(3)10-12-7-5-6-11(8-12)9-15/h5-8H,10H2,1-4H3. The van der Waals surface area contributed by atoms with Gasteiger partial charge in [-0.3, -0.25) is 4.79 Å². The zero-order chi connectivity index (χ0) is 15.6. The van der Waals surface area contributed by atoms with E-state index < -0.39 is 20.5 Å². The topological polar surface area (TPSA) is 78.2 Å². The van der Waals surface area contributed by atoms with Crippen molar-refractivity contribution in [2.24, 2.45) is 0 Å². The molecule has 0 aromatic heterocycles. The van der Waals surface area contributed by atoms with Crippen molar-refractivity contribution in [1.82, 2.24) is 4.90 Å². The summed E-state index contributed by atoms with van der Waals surface area (Å²) in [7, 11) is -1.95. The van der Waals surface area contributed by atoms with E-state index in [9.17, 15) is 13.2 Å². The van der Waals surface area contributed by atoms with Crippen LogP contribution in [-0.4, -0.2) is 37.3 Å². The van der Waals surface area contributed by atoms with Gasteiger partial charge in [0.2, 0.25) is 5.91 Å². The van der Waals surface area contributed by atoms with Crippen LogP contribution in [-0.2, 0) is 21.2 Å². The minimum absolute atomic E-state index is 0.257. The van der Waals surface area contributed by atoms with E-state index in [1.165, 1.54) is 18.7 Å². The first kappa shape index (κ1) is 16.2. The fourth-order valence-corrected chi connectivity index (χ4v) is 2.18. The van der Waals surface area contributed by atoms with Gasteiger partial charge < -0.3 is 4.90 Å². The molecule has 0 bridgehead atoms. The van der Waals surface area contributed by atoms with Crippen molar-refractivity contribution in [3.05, 3.63) is 35.4 Å². The van der Waals surface area contributed by atoms with Crippen LogP contribution in [0.1, 0.15) is 25.0 Å². The van der Waals surface area contributed by atoms with E-state index in [-0.39, 0.29) is 6.54 Å². The largest absolute Gasteiger partial charge is 0.340 e. The van der Waals surface area contributed by atoms with E-state index in [0.717, 1.165) is 11.8 Å². The summed E-state index contributed by atoms with van der Waals surface area (Å²) in [6.07, 6.45) is 1.05. The van der Waals surface area contributed by atoms with Crippen LogP contribution in [0.3, 0.4) is 0 Å². The minimum atomic E-state index is -3.50. The Balaban J connectivity index is 2.94. The number of sulfone groups is 1. The zero-order valence-electron chi connectivity index (χ0n) is 12.0. The third kappa shape index (κ3) is 3.36. The SMILES string of the molecule is CN(Cc1cccc(C#N)c1)C(=O)C(C)(C)S(C)(=O)=O. The third-order valence-corrected chi connectivity index (χ3v) is 5.29. The number of nitrogens with zero attached hydrogens (tertiary/aromatic N) is 2. The second-order valence-electron chi connectivity index (χ2n) is 5.26. The van der Waals surface area contributed by atoms with Crippen LogP contribution in [0.5, 0.6) is 0 Å². The molecule has 1 rings (SSSR count). The summed E-state index contributed by atoms with van der Waals surface area (Å²) in [4.78, 5) is 13.6. The lowest BCUT2D eigenvalue weighted by Crippen LogP contribution is -2.47. The number of benzene rings is 1. The van der Waals surface area contributed by atoms with Crippen LogP contribution >= 0.6 is 0 Å². The number of nitriles is 1. The molecule has 0 saturated carbocycles. The molecule has 0 aliphatic carbocycles. The van der Waals surface area contributed by atoms with Crippen LogP contribution in [0.15, 0.2) is 24.3 Å². The number of rotatable bonds is 4. The van der Waals surface area contributed by atoms with Gasteiger partial charge in [0.15, 0.2) is 9.84 Å². The summed E-state index contributed by atoms with van der Waals surface area (Å²) in [5, 5.41) is 8.83. The predicted molar refractivity (Wildman–Crippen MR) is 76.6 cm³/mol. The number of amides is 1. The second-order valence-corrected chi connectivity index (χ2v) is 7.82. The van der Waals surface area contributed by atoms with Crippen molar-refractivity contribution in [2.75, 3.05) is 13.3 Å². The van der Waals surface area contributed by atoms with Gasteiger partial charge >= 0.3 is 0 Å². The highest BCUT2D eigenvalue weighted by Gasteiger charge is 2.40. The van der Waals surface area contributed by atoms with Crippen molar-refractivity contribution in [2.45, 2.75) is 25.1 Å². The molecule has 1 aromatic rings. The molecule has 0 saturated heterocycles. The normalized spacial score (nSPS) is 11.8. The highest BCUT2D eigenvalue weighted by Crippen LogP contribution is 2.19. The van der Waals surface area contributed by atoms with Crippen molar-refractivity contribution < 1.29 is 13.2 Å². The van der Waals surface area contributed by atoms with Crippen molar-refractivity contribution in [3.8, 4) is 6.07 Å². The molecule has 0 aliphatic heterocycles. The maximum absolute atomic E-state index is 12.3. The Bertz CT molecular complexity index is 657. The van der Waals surface area contributed by atoms with E-state index in [1.807, 2.05) is 6.07 Å². The van der Waals surface area contributed by atoms with Gasteiger partial charge in [-0.05, 0) is 31.5 Å². The van der Waals surface area contributed by atoms with Crippen molar-refractivity contribution in [1.29, 1.82) is 5.26 Å². The van der Waals surface area contributed by atoms with Crippen molar-refractivity contribution in [3.63, 3.8) is 0 Å². The van der Waals surface area contributed by atoms with Crippen LogP contribution in [0.2, 0.25) is 0 Å². The lowest BCUT2D eigenvalue weighted by molar-refractivity contribution is -0.132. The third-order valence-electron chi connectivity index (χ3n) is 3.26. The van der Waals surface area contributed by atoms with Gasteiger partial charge in [-0.1, -0.05) is 12.1 Å². The Morgan fingerprint density at radius 1 is 1.40 bits per heavy atom. The fourth-order valence-electron chi connectivity index (χ4n) is 1.70. The van der Waals surface area contributed by atoms with Gasteiger partial charge in [0.05, 0.1) is 11.6 Å². The van der Waals surface area contributed by atoms with Gasteiger partial charge in [0.1, 0.15) is 4.75 Å². The second kappa shape index (κ2) is 5.63. The molecule has 0 fully saturated rings. The summed E-state index contributed by atoms with van der Waals surface area (Å²) in [6, 6.07) is 8.89.